The molecule has 0 radical (unpaired) electrons. The minimum atomic E-state index is -0.537. The molecule has 0 aliphatic carbocycles. The molecule has 0 spiro atoms. The molecular weight excluding hydrogens is 274 g/mol. The van der Waals surface area contributed by atoms with Gasteiger partial charge in [-0.05, 0) is 32.2 Å². The zero-order valence-electron chi connectivity index (χ0n) is 10.6. The number of alkyl carbamates (subject to hydrolysis) is 1. The normalized spacial score (nSPS) is 11.1. The van der Waals surface area contributed by atoms with Gasteiger partial charge in [-0.15, -0.1) is 11.3 Å². The fourth-order valence-electron chi connectivity index (χ4n) is 1.20. The molecule has 1 N–H and O–H groups in total. The highest BCUT2D eigenvalue weighted by molar-refractivity contribution is 7.12. The van der Waals surface area contributed by atoms with Gasteiger partial charge in [-0.3, -0.25) is 4.79 Å². The van der Waals surface area contributed by atoms with Crippen LogP contribution in [0.15, 0.2) is 11.4 Å². The van der Waals surface area contributed by atoms with Crippen molar-refractivity contribution in [2.24, 2.45) is 0 Å². The lowest BCUT2D eigenvalue weighted by atomic mass is 10.2. The number of hydrogen-bond acceptors (Lipinski definition) is 4. The van der Waals surface area contributed by atoms with Crippen molar-refractivity contribution in [3.63, 3.8) is 0 Å². The lowest BCUT2D eigenvalue weighted by Gasteiger charge is -2.19. The molecule has 18 heavy (non-hydrogen) atoms. The fourth-order valence-corrected chi connectivity index (χ4v) is 2.33. The van der Waals surface area contributed by atoms with Crippen LogP contribution in [0.2, 0.25) is 5.02 Å². The van der Waals surface area contributed by atoms with Crippen molar-refractivity contribution in [1.29, 1.82) is 0 Å². The zero-order chi connectivity index (χ0) is 13.8. The van der Waals surface area contributed by atoms with Crippen molar-refractivity contribution in [3.8, 4) is 0 Å². The van der Waals surface area contributed by atoms with Gasteiger partial charge in [0.15, 0.2) is 5.78 Å². The third kappa shape index (κ3) is 5.06. The summed E-state index contributed by atoms with van der Waals surface area (Å²) >= 11 is 7.14. The van der Waals surface area contributed by atoms with Crippen molar-refractivity contribution in [2.45, 2.75) is 32.8 Å². The van der Waals surface area contributed by atoms with E-state index in [4.69, 9.17) is 16.3 Å². The van der Waals surface area contributed by atoms with Crippen molar-refractivity contribution >= 4 is 34.8 Å². The van der Waals surface area contributed by atoms with Gasteiger partial charge in [-0.2, -0.15) is 0 Å². The number of thiophene rings is 1. The van der Waals surface area contributed by atoms with Gasteiger partial charge in [0.25, 0.3) is 0 Å². The lowest BCUT2D eigenvalue weighted by Crippen LogP contribution is -2.33. The first kappa shape index (κ1) is 15.0. The molecule has 1 heterocycles. The average Bonchev–Trinajstić information content (AvgIpc) is 2.61. The highest BCUT2D eigenvalue weighted by Crippen LogP contribution is 2.23. The SMILES string of the molecule is CC(C)(C)OC(=O)NCCC(=O)c1sccc1Cl. The van der Waals surface area contributed by atoms with Gasteiger partial charge in [-0.1, -0.05) is 11.6 Å². The second kappa shape index (κ2) is 6.20. The molecule has 1 amide bonds. The Kier molecular flexibility index (Phi) is 5.16. The van der Waals surface area contributed by atoms with Crippen LogP contribution in [0.25, 0.3) is 0 Å². The summed E-state index contributed by atoms with van der Waals surface area (Å²) in [7, 11) is 0. The lowest BCUT2D eigenvalue weighted by molar-refractivity contribution is 0.0527. The van der Waals surface area contributed by atoms with Crippen LogP contribution in [0.1, 0.15) is 36.9 Å². The maximum absolute atomic E-state index is 11.7. The van der Waals surface area contributed by atoms with E-state index in [1.165, 1.54) is 11.3 Å². The van der Waals surface area contributed by atoms with E-state index in [-0.39, 0.29) is 18.7 Å². The molecule has 6 heteroatoms. The number of carbonyl (C=O) groups excluding carboxylic acids is 2. The van der Waals surface area contributed by atoms with E-state index in [0.717, 1.165) is 0 Å². The van der Waals surface area contributed by atoms with Crippen LogP contribution < -0.4 is 5.32 Å². The summed E-state index contributed by atoms with van der Waals surface area (Å²) in [6.45, 7) is 5.58. The van der Waals surface area contributed by atoms with Gasteiger partial charge in [0, 0.05) is 13.0 Å². The fraction of sp³-hybridized carbons (Fsp3) is 0.500. The van der Waals surface area contributed by atoms with Gasteiger partial charge in [0.1, 0.15) is 5.60 Å². The largest absolute Gasteiger partial charge is 0.444 e. The Balaban J connectivity index is 2.33. The highest BCUT2D eigenvalue weighted by Gasteiger charge is 2.16. The molecular formula is C12H16ClNO3S. The van der Waals surface area contributed by atoms with E-state index in [1.54, 1.807) is 32.2 Å². The first-order valence-electron chi connectivity index (χ1n) is 5.52. The Hall–Kier alpha value is -1.07. The Morgan fingerprint density at radius 1 is 1.44 bits per heavy atom. The molecule has 4 nitrogen and oxygen atoms in total. The van der Waals surface area contributed by atoms with Crippen LogP contribution >= 0.6 is 22.9 Å². The van der Waals surface area contributed by atoms with Gasteiger partial charge in [-0.25, -0.2) is 4.79 Å². The van der Waals surface area contributed by atoms with Crippen LogP contribution in [0.5, 0.6) is 0 Å². The molecule has 100 valence electrons. The van der Waals surface area contributed by atoms with Gasteiger partial charge >= 0.3 is 6.09 Å². The number of carbonyl (C=O) groups is 2. The van der Waals surface area contributed by atoms with E-state index in [1.807, 2.05) is 0 Å². The molecule has 0 unspecified atom stereocenters. The molecule has 0 aliphatic rings. The molecule has 1 aromatic heterocycles. The zero-order valence-corrected chi connectivity index (χ0v) is 12.2. The summed E-state index contributed by atoms with van der Waals surface area (Å²) in [4.78, 5) is 23.6. The van der Waals surface area contributed by atoms with E-state index in [0.29, 0.717) is 9.90 Å². The predicted molar refractivity (Wildman–Crippen MR) is 72.5 cm³/mol. The van der Waals surface area contributed by atoms with Crippen LogP contribution in [-0.4, -0.2) is 24.0 Å². The average molecular weight is 290 g/mol. The molecule has 0 saturated carbocycles. The van der Waals surface area contributed by atoms with Crippen molar-refractivity contribution < 1.29 is 14.3 Å². The van der Waals surface area contributed by atoms with Gasteiger partial charge in [0.05, 0.1) is 9.90 Å². The standard InChI is InChI=1S/C12H16ClNO3S/c1-12(2,3)17-11(16)14-6-4-9(15)10-8(13)5-7-18-10/h5,7H,4,6H2,1-3H3,(H,14,16). The number of Topliss-reactive ketones (excluding diaryl/α,β-unsaturated/α-hetero) is 1. The van der Waals surface area contributed by atoms with Crippen LogP contribution in [-0.2, 0) is 4.74 Å². The monoisotopic (exact) mass is 289 g/mol. The van der Waals surface area contributed by atoms with Gasteiger partial charge in [0.2, 0.25) is 0 Å². The van der Waals surface area contributed by atoms with Crippen molar-refractivity contribution in [2.75, 3.05) is 6.54 Å². The summed E-state index contributed by atoms with van der Waals surface area (Å²) < 4.78 is 5.05. The smallest absolute Gasteiger partial charge is 0.407 e. The number of rotatable bonds is 4. The third-order valence-corrected chi connectivity index (χ3v) is 3.27. The Morgan fingerprint density at radius 3 is 2.61 bits per heavy atom. The van der Waals surface area contributed by atoms with Crippen LogP contribution in [0, 0.1) is 0 Å². The topological polar surface area (TPSA) is 55.4 Å². The molecule has 1 rings (SSSR count). The Morgan fingerprint density at radius 2 is 2.11 bits per heavy atom. The first-order chi connectivity index (χ1) is 8.29. The van der Waals surface area contributed by atoms with Crippen molar-refractivity contribution in [3.05, 3.63) is 21.3 Å². The Bertz CT molecular complexity index is 437. The molecule has 0 aromatic carbocycles. The summed E-state index contributed by atoms with van der Waals surface area (Å²) in [6, 6.07) is 1.68. The quantitative estimate of drug-likeness (QED) is 0.863. The number of ether oxygens (including phenoxy) is 1. The molecule has 0 fully saturated rings. The maximum Gasteiger partial charge on any atom is 0.407 e. The van der Waals surface area contributed by atoms with E-state index < -0.39 is 11.7 Å². The summed E-state index contributed by atoms with van der Waals surface area (Å²) in [5.41, 5.74) is -0.537. The number of nitrogens with one attached hydrogen (secondary N) is 1. The molecule has 1 aromatic rings. The summed E-state index contributed by atoms with van der Waals surface area (Å²) in [6.07, 6.45) is -0.313. The van der Waals surface area contributed by atoms with Crippen LogP contribution in [0.3, 0.4) is 0 Å². The molecule has 0 bridgehead atoms. The maximum atomic E-state index is 11.7. The predicted octanol–water partition coefficient (Wildman–Crippen LogP) is 3.50. The number of ketones is 1. The van der Waals surface area contributed by atoms with E-state index in [2.05, 4.69) is 5.32 Å². The second-order valence-electron chi connectivity index (χ2n) is 4.70. The summed E-state index contributed by atoms with van der Waals surface area (Å²) in [5, 5.41) is 4.75. The van der Waals surface area contributed by atoms with Gasteiger partial charge < -0.3 is 10.1 Å². The number of amides is 1. The number of hydrogen-bond donors (Lipinski definition) is 1. The second-order valence-corrected chi connectivity index (χ2v) is 6.02. The minimum Gasteiger partial charge on any atom is -0.444 e. The molecule has 0 aliphatic heterocycles. The molecule has 0 saturated heterocycles. The third-order valence-electron chi connectivity index (χ3n) is 1.89. The van der Waals surface area contributed by atoms with E-state index >= 15 is 0 Å². The van der Waals surface area contributed by atoms with E-state index in [9.17, 15) is 9.59 Å². The van der Waals surface area contributed by atoms with Crippen LogP contribution in [0.4, 0.5) is 4.79 Å². The van der Waals surface area contributed by atoms with Crippen molar-refractivity contribution in [1.82, 2.24) is 5.32 Å². The summed E-state index contributed by atoms with van der Waals surface area (Å²) in [5.74, 6) is -0.0777. The number of halogens is 1. The first-order valence-corrected chi connectivity index (χ1v) is 6.78. The minimum absolute atomic E-state index is 0.0777. The Labute approximate surface area is 115 Å². The highest BCUT2D eigenvalue weighted by atomic mass is 35.5. The molecule has 0 atom stereocenters.